The molecule has 14 N–H and O–H groups in total. The molecule has 624 valence electrons. The smallest absolute Gasteiger partial charge is 0.235 e. The quantitative estimate of drug-likeness (QED) is 0.0167. The lowest BCUT2D eigenvalue weighted by atomic mass is 9.91. The molecule has 5 aromatic rings. The number of rotatable bonds is 55. The summed E-state index contributed by atoms with van der Waals surface area (Å²) < 4.78 is 83.6. The zero-order valence-corrected chi connectivity index (χ0v) is 69.9. The van der Waals surface area contributed by atoms with Crippen molar-refractivity contribution in [2.24, 2.45) is 52.3 Å². The van der Waals surface area contributed by atoms with Crippen LogP contribution in [-0.2, 0) is 94.4 Å². The number of hydrogen-bond donors (Lipinski definition) is 9. The molecule has 0 saturated carbocycles. The lowest BCUT2D eigenvalue weighted by Crippen LogP contribution is -2.52. The summed E-state index contributed by atoms with van der Waals surface area (Å²) >= 11 is 0. The van der Waals surface area contributed by atoms with Gasteiger partial charge in [0.1, 0.15) is 11.6 Å². The van der Waals surface area contributed by atoms with Crippen LogP contribution in [0.2, 0.25) is 0 Å². The fraction of sp³-hybridized carbons (Fsp3) is 0.560. The van der Waals surface area contributed by atoms with Crippen molar-refractivity contribution in [1.82, 2.24) is 34.2 Å². The van der Waals surface area contributed by atoms with E-state index in [1.807, 2.05) is 111 Å². The molecular weight excluding hydrogens is 1480 g/mol. The first-order chi connectivity index (χ1) is 53.4. The average Bonchev–Trinajstić information content (AvgIpc) is 0.829. The van der Waals surface area contributed by atoms with Crippen LogP contribution >= 0.6 is 0 Å². The first-order valence-electron chi connectivity index (χ1n) is 39.7. The van der Waals surface area contributed by atoms with Crippen LogP contribution in [0.5, 0.6) is 0 Å². The third-order valence-corrected chi connectivity index (χ3v) is 24.2. The summed E-state index contributed by atoms with van der Waals surface area (Å²) in [4.78, 5) is 89.0. The monoisotopic (exact) mass is 1610 g/mol. The lowest BCUT2D eigenvalue weighted by Gasteiger charge is -2.29. The molecule has 0 bridgehead atoms. The Labute approximate surface area is 669 Å². The van der Waals surface area contributed by atoms with Gasteiger partial charge in [-0.15, -0.1) is 0 Å². The van der Waals surface area contributed by atoms with E-state index in [9.17, 15) is 58.8 Å². The van der Waals surface area contributed by atoms with E-state index in [1.54, 1.807) is 61.5 Å². The largest absolute Gasteiger partial charge is 0.352 e. The van der Waals surface area contributed by atoms with Crippen molar-refractivity contribution in [3.63, 3.8) is 0 Å². The average molecular weight is 1610 g/mol. The molecule has 0 aliphatic carbocycles. The Bertz CT molecular complexity index is 3860. The number of nitrogens with zero attached hydrogens (tertiary/aromatic N) is 3. The Balaban J connectivity index is 0.000000459. The van der Waals surface area contributed by atoms with Crippen LogP contribution in [0.25, 0.3) is 0 Å². The molecule has 0 heterocycles. The van der Waals surface area contributed by atoms with Gasteiger partial charge >= 0.3 is 0 Å². The normalized spacial score (nSPS) is 13.6. The summed E-state index contributed by atoms with van der Waals surface area (Å²) in [6.45, 7) is 13.7. The number of ketones is 3. The van der Waals surface area contributed by atoms with E-state index in [-0.39, 0.29) is 122 Å². The third kappa shape index (κ3) is 42.0. The molecule has 0 fully saturated rings. The van der Waals surface area contributed by atoms with Crippen molar-refractivity contribution < 1.29 is 58.8 Å². The van der Waals surface area contributed by atoms with E-state index in [0.717, 1.165) is 72.4 Å². The van der Waals surface area contributed by atoms with E-state index in [1.165, 1.54) is 22.5 Å². The summed E-state index contributed by atoms with van der Waals surface area (Å²) in [5.41, 5.74) is 32.1. The van der Waals surface area contributed by atoms with Crippen molar-refractivity contribution in [1.29, 1.82) is 0 Å². The van der Waals surface area contributed by atoms with Crippen LogP contribution in [0.4, 0.5) is 0 Å². The molecule has 0 aliphatic heterocycles. The van der Waals surface area contributed by atoms with Gasteiger partial charge in [-0.3, -0.25) is 28.8 Å². The van der Waals surface area contributed by atoms with Crippen LogP contribution in [0, 0.1) is 23.7 Å². The molecule has 4 amide bonds. The standard InChI is InChI=1S/C35H46N4O5S.C34H55N5O4S.C15H31N3O4S/c1-27(22-29-14-6-3-7-15-29)35(42)37-32(23-30-16-8-4-9-17-30)24-39(45(43,44)26-31-18-10-5-11-19-31)25-34(41)38-33(28(2)40)20-12-13-21-36;1-27(2)22-31(18-10-12-20-35)34(41)38-32(19-11-13-21-36)24-39(44(42,43)26-30-16-8-5-9-17-30)25-33(40)37-28(3)23-29-14-6-4-7-15-29;1-3-15(20)12-18(23(21,22)9-8-17)11-14(10-13(2)19)6-4-5-7-16/h3-11,14-19,27,32-33H,12-13,20-26,36H2,1-2H3,(H,37,42)(H,38,41);4-9,14-17,27-28,31-32H,10-13,18-26,35-36H2,1-3H3,(H,37,40)(H,38,41);14H,3-12,16-17H2,1-2H3/t27-,32-,33-;28-,31-,32+;14-/m011/s1. The van der Waals surface area contributed by atoms with Gasteiger partial charge in [-0.25, -0.2) is 25.3 Å². The first kappa shape index (κ1) is 98.7. The van der Waals surface area contributed by atoms with Gasteiger partial charge in [0.05, 0.1) is 42.9 Å². The maximum Gasteiger partial charge on any atom is 0.235 e. The Morgan fingerprint density at radius 1 is 0.411 bits per heavy atom. The van der Waals surface area contributed by atoms with Crippen LogP contribution in [-0.4, -0.2) is 181 Å². The van der Waals surface area contributed by atoms with Crippen LogP contribution in [0.15, 0.2) is 152 Å². The number of amides is 4. The first-order valence-corrected chi connectivity index (χ1v) is 44.5. The maximum atomic E-state index is 13.9. The lowest BCUT2D eigenvalue weighted by molar-refractivity contribution is -0.127. The van der Waals surface area contributed by atoms with Crippen LogP contribution in [0.1, 0.15) is 173 Å². The summed E-state index contributed by atoms with van der Waals surface area (Å²) in [5, 5.41) is 11.9. The summed E-state index contributed by atoms with van der Waals surface area (Å²) in [5.74, 6) is -2.64. The summed E-state index contributed by atoms with van der Waals surface area (Å²) in [6, 6.07) is 44.7. The fourth-order valence-corrected chi connectivity index (χ4v) is 17.3. The highest BCUT2D eigenvalue weighted by Gasteiger charge is 2.34. The second-order valence-corrected chi connectivity index (χ2v) is 35.7. The highest BCUT2D eigenvalue weighted by Crippen LogP contribution is 2.23. The number of carbonyl (C=O) groups is 7. The molecular formula is C84H132N12O13S3. The van der Waals surface area contributed by atoms with Crippen LogP contribution in [0.3, 0.4) is 0 Å². The molecule has 0 unspecified atom stereocenters. The van der Waals surface area contributed by atoms with E-state index in [4.69, 9.17) is 28.7 Å². The highest BCUT2D eigenvalue weighted by atomic mass is 32.2. The van der Waals surface area contributed by atoms with E-state index in [0.29, 0.717) is 101 Å². The van der Waals surface area contributed by atoms with Gasteiger partial charge in [-0.2, -0.15) is 12.9 Å². The van der Waals surface area contributed by atoms with E-state index < -0.39 is 60.6 Å². The number of Topliss-reactive ketones (excluding diaryl/α,β-unsaturated/α-hetero) is 3. The second-order valence-electron chi connectivity index (χ2n) is 29.7. The second kappa shape index (κ2) is 55.1. The molecule has 25 nitrogen and oxygen atoms in total. The molecule has 0 aliphatic rings. The molecule has 0 spiro atoms. The molecule has 0 radical (unpaired) electrons. The van der Waals surface area contributed by atoms with Crippen LogP contribution < -0.4 is 49.9 Å². The van der Waals surface area contributed by atoms with Gasteiger partial charge < -0.3 is 54.7 Å². The molecule has 0 aromatic heterocycles. The number of unbranched alkanes of at least 4 members (excludes halogenated alkanes) is 4. The van der Waals surface area contributed by atoms with Gasteiger partial charge in [0.25, 0.3) is 0 Å². The van der Waals surface area contributed by atoms with Crippen molar-refractivity contribution in [3.8, 4) is 0 Å². The minimum atomic E-state index is -4.02. The van der Waals surface area contributed by atoms with Gasteiger partial charge in [-0.05, 0) is 170 Å². The van der Waals surface area contributed by atoms with E-state index >= 15 is 0 Å². The fourth-order valence-electron chi connectivity index (χ4n) is 12.9. The minimum Gasteiger partial charge on any atom is -0.352 e. The van der Waals surface area contributed by atoms with Crippen molar-refractivity contribution in [2.45, 2.75) is 200 Å². The number of nitrogens with two attached hydrogens (primary N) is 5. The summed E-state index contributed by atoms with van der Waals surface area (Å²) in [6.07, 6.45) is 11.5. The number of nitrogens with one attached hydrogen (secondary N) is 4. The van der Waals surface area contributed by atoms with Gasteiger partial charge in [0.15, 0.2) is 5.78 Å². The Hall–Kier alpha value is -7.48. The number of hydrogen-bond acceptors (Lipinski definition) is 18. The highest BCUT2D eigenvalue weighted by molar-refractivity contribution is 7.89. The Morgan fingerprint density at radius 2 is 0.812 bits per heavy atom. The maximum absolute atomic E-state index is 13.9. The molecule has 5 rings (SSSR count). The van der Waals surface area contributed by atoms with Gasteiger partial charge in [0.2, 0.25) is 53.7 Å². The molecule has 112 heavy (non-hydrogen) atoms. The predicted octanol–water partition coefficient (Wildman–Crippen LogP) is 7.88. The Morgan fingerprint density at radius 3 is 1.25 bits per heavy atom. The molecule has 5 aromatic carbocycles. The topological polar surface area (TPSA) is 410 Å². The number of sulfonamides is 3. The molecule has 0 saturated heterocycles. The van der Waals surface area contributed by atoms with Gasteiger partial charge in [-0.1, -0.05) is 199 Å². The minimum absolute atomic E-state index is 0.00314. The van der Waals surface area contributed by atoms with Crippen molar-refractivity contribution in [2.75, 3.05) is 77.7 Å². The Kier molecular flexibility index (Phi) is 48.6. The SMILES string of the molecule is CC(=O)[C@H](CCCCN)NC(=O)CN(C[C@H](Cc1ccccc1)NC(=O)[C@@H](C)Cc1ccccc1)S(=O)(=O)Cc1ccccc1.CC(C)C[C@@H](CCCCN)C(=O)N[C@@H](CCCCN)CN(CC(=O)N[C@H](C)Cc1ccccc1)S(=O)(=O)Cc1ccccc1.CCC(=O)CN(C[C@H](CCCCN)CC(C)=O)S(=O)(=O)CCN. The zero-order valence-electron chi connectivity index (χ0n) is 67.4. The van der Waals surface area contributed by atoms with Gasteiger partial charge in [0, 0.05) is 69.0 Å². The summed E-state index contributed by atoms with van der Waals surface area (Å²) in [7, 11) is -11.5. The van der Waals surface area contributed by atoms with Crippen molar-refractivity contribution in [3.05, 3.63) is 179 Å². The molecule has 7 atom stereocenters. The number of benzene rings is 5. The number of carbonyl (C=O) groups excluding carboxylic acids is 7. The third-order valence-electron chi connectivity index (χ3n) is 18.8. The zero-order chi connectivity index (χ0) is 82.9. The van der Waals surface area contributed by atoms with E-state index in [2.05, 4.69) is 35.1 Å². The predicted molar refractivity (Wildman–Crippen MR) is 448 cm³/mol. The molecule has 28 heteroatoms. The van der Waals surface area contributed by atoms with Crippen molar-refractivity contribution >= 4 is 71.0 Å².